The van der Waals surface area contributed by atoms with Crippen molar-refractivity contribution >= 4 is 23.2 Å². The summed E-state index contributed by atoms with van der Waals surface area (Å²) in [6, 6.07) is 3.29. The second-order valence-corrected chi connectivity index (χ2v) is 6.97. The number of benzene rings is 1. The van der Waals surface area contributed by atoms with E-state index in [1.807, 2.05) is 0 Å². The van der Waals surface area contributed by atoms with Crippen molar-refractivity contribution < 1.29 is 23.5 Å². The molecule has 1 aromatic heterocycles. The molecule has 1 amide bonds. The van der Waals surface area contributed by atoms with Gasteiger partial charge in [0.05, 0.1) is 12.0 Å². The van der Waals surface area contributed by atoms with Crippen LogP contribution in [0.1, 0.15) is 46.7 Å². The quantitative estimate of drug-likeness (QED) is 0.851. The lowest BCUT2D eigenvalue weighted by molar-refractivity contribution is -0.126. The van der Waals surface area contributed by atoms with Crippen molar-refractivity contribution in [3.05, 3.63) is 51.5 Å². The highest BCUT2D eigenvalue weighted by molar-refractivity contribution is 7.09. The predicted molar refractivity (Wildman–Crippen MR) is 87.4 cm³/mol. The highest BCUT2D eigenvalue weighted by Gasteiger charge is 2.44. The molecule has 1 aliphatic carbocycles. The summed E-state index contributed by atoms with van der Waals surface area (Å²) in [4.78, 5) is 27.6. The Morgan fingerprint density at radius 2 is 2.00 bits per heavy atom. The lowest BCUT2D eigenvalue weighted by Gasteiger charge is -2.28. The standard InChI is InChI=1S/C17H16F2N2O3S/c18-10-3-4-11(12(19)7-10)17(5-1-2-6-17)16(24)20-8-14-21-13(9-25-14)15(22)23/h3-4,7,9H,1-2,5-6,8H2,(H,20,24)(H,22,23). The number of carboxylic acids is 1. The summed E-state index contributed by atoms with van der Waals surface area (Å²) in [5.41, 5.74) is -0.895. The molecular formula is C17H16F2N2O3S. The van der Waals surface area contributed by atoms with E-state index >= 15 is 0 Å². The van der Waals surface area contributed by atoms with Gasteiger partial charge < -0.3 is 10.4 Å². The smallest absolute Gasteiger partial charge is 0.355 e. The number of hydrogen-bond acceptors (Lipinski definition) is 4. The molecule has 0 saturated heterocycles. The molecule has 1 aliphatic rings. The highest BCUT2D eigenvalue weighted by atomic mass is 32.1. The summed E-state index contributed by atoms with van der Waals surface area (Å²) in [5, 5.41) is 13.5. The molecule has 25 heavy (non-hydrogen) atoms. The van der Waals surface area contributed by atoms with Gasteiger partial charge in [-0.05, 0) is 18.9 Å². The average Bonchev–Trinajstić information content (AvgIpc) is 3.22. The van der Waals surface area contributed by atoms with Crippen molar-refractivity contribution in [3.63, 3.8) is 0 Å². The predicted octanol–water partition coefficient (Wildman–Crippen LogP) is 3.25. The lowest BCUT2D eigenvalue weighted by Crippen LogP contribution is -2.43. The minimum absolute atomic E-state index is 0.0708. The molecule has 2 N–H and O–H groups in total. The topological polar surface area (TPSA) is 79.3 Å². The van der Waals surface area contributed by atoms with Gasteiger partial charge in [-0.25, -0.2) is 18.6 Å². The first-order valence-electron chi connectivity index (χ1n) is 7.84. The highest BCUT2D eigenvalue weighted by Crippen LogP contribution is 2.42. The van der Waals surface area contributed by atoms with Crippen molar-refractivity contribution in [1.29, 1.82) is 0 Å². The fourth-order valence-electron chi connectivity index (χ4n) is 3.29. The zero-order valence-corrected chi connectivity index (χ0v) is 14.0. The Morgan fingerprint density at radius 1 is 1.28 bits per heavy atom. The van der Waals surface area contributed by atoms with Crippen LogP contribution in [0.4, 0.5) is 8.78 Å². The number of nitrogens with one attached hydrogen (secondary N) is 1. The number of aromatic nitrogens is 1. The molecule has 8 heteroatoms. The van der Waals surface area contributed by atoms with Crippen molar-refractivity contribution in [3.8, 4) is 0 Å². The van der Waals surface area contributed by atoms with Crippen molar-refractivity contribution in [2.45, 2.75) is 37.6 Å². The van der Waals surface area contributed by atoms with Crippen LogP contribution >= 0.6 is 11.3 Å². The number of carbonyl (C=O) groups is 2. The molecule has 0 unspecified atom stereocenters. The largest absolute Gasteiger partial charge is 0.476 e. The molecule has 1 saturated carbocycles. The Hall–Kier alpha value is -2.35. The second kappa shape index (κ2) is 6.87. The maximum atomic E-state index is 14.3. The summed E-state index contributed by atoms with van der Waals surface area (Å²) in [5.74, 6) is -2.88. The summed E-state index contributed by atoms with van der Waals surface area (Å²) in [7, 11) is 0. The van der Waals surface area contributed by atoms with E-state index in [1.54, 1.807) is 0 Å². The van der Waals surface area contributed by atoms with Gasteiger partial charge in [0.2, 0.25) is 5.91 Å². The van der Waals surface area contributed by atoms with E-state index in [-0.39, 0.29) is 23.7 Å². The molecule has 0 spiro atoms. The molecular weight excluding hydrogens is 350 g/mol. The first kappa shape index (κ1) is 17.5. The zero-order chi connectivity index (χ0) is 18.0. The number of nitrogens with zero attached hydrogens (tertiary/aromatic N) is 1. The number of thiazole rings is 1. The molecule has 0 atom stereocenters. The summed E-state index contributed by atoms with van der Waals surface area (Å²) in [6.45, 7) is 0.0708. The molecule has 0 aliphatic heterocycles. The minimum Gasteiger partial charge on any atom is -0.476 e. The van der Waals surface area contributed by atoms with Crippen LogP contribution in [0.25, 0.3) is 0 Å². The Bertz CT molecular complexity index is 816. The minimum atomic E-state index is -1.13. The molecule has 3 rings (SSSR count). The van der Waals surface area contributed by atoms with Crippen LogP contribution in [0.3, 0.4) is 0 Å². The van der Waals surface area contributed by atoms with Gasteiger partial charge in [-0.15, -0.1) is 11.3 Å². The first-order valence-corrected chi connectivity index (χ1v) is 8.72. The maximum Gasteiger partial charge on any atom is 0.355 e. The van der Waals surface area contributed by atoms with Crippen LogP contribution < -0.4 is 5.32 Å². The van der Waals surface area contributed by atoms with Crippen LogP contribution in [0.2, 0.25) is 0 Å². The third-order valence-corrected chi connectivity index (χ3v) is 5.36. The normalized spacial score (nSPS) is 15.9. The molecule has 1 heterocycles. The maximum absolute atomic E-state index is 14.3. The number of aromatic carboxylic acids is 1. The van der Waals surface area contributed by atoms with Crippen LogP contribution in [0, 0.1) is 11.6 Å². The average molecular weight is 366 g/mol. The van der Waals surface area contributed by atoms with E-state index in [0.717, 1.165) is 36.3 Å². The number of carboxylic acid groups (broad SMARTS) is 1. The van der Waals surface area contributed by atoms with E-state index in [4.69, 9.17) is 5.11 Å². The molecule has 2 aromatic rings. The van der Waals surface area contributed by atoms with Gasteiger partial charge in [0.25, 0.3) is 0 Å². The van der Waals surface area contributed by atoms with E-state index in [2.05, 4.69) is 10.3 Å². The van der Waals surface area contributed by atoms with Gasteiger partial charge in [0.1, 0.15) is 16.6 Å². The summed E-state index contributed by atoms with van der Waals surface area (Å²) < 4.78 is 27.5. The molecule has 5 nitrogen and oxygen atoms in total. The van der Waals surface area contributed by atoms with Crippen LogP contribution in [-0.4, -0.2) is 22.0 Å². The Kier molecular flexibility index (Phi) is 4.80. The first-order chi connectivity index (χ1) is 11.9. The number of rotatable bonds is 5. The van der Waals surface area contributed by atoms with Gasteiger partial charge in [0.15, 0.2) is 5.69 Å². The lowest BCUT2D eigenvalue weighted by atomic mass is 9.77. The molecule has 0 bridgehead atoms. The SMILES string of the molecule is O=C(O)c1csc(CNC(=O)C2(c3ccc(F)cc3F)CCCC2)n1. The molecule has 1 aromatic carbocycles. The van der Waals surface area contributed by atoms with Gasteiger partial charge >= 0.3 is 5.97 Å². The van der Waals surface area contributed by atoms with E-state index < -0.39 is 23.0 Å². The third kappa shape index (κ3) is 3.39. The van der Waals surface area contributed by atoms with E-state index in [1.165, 1.54) is 11.4 Å². The summed E-state index contributed by atoms with van der Waals surface area (Å²) in [6.07, 6.45) is 2.54. The number of carbonyl (C=O) groups excluding carboxylic acids is 1. The van der Waals surface area contributed by atoms with Gasteiger partial charge in [-0.2, -0.15) is 0 Å². The van der Waals surface area contributed by atoms with Crippen molar-refractivity contribution in [2.24, 2.45) is 0 Å². The Morgan fingerprint density at radius 3 is 2.60 bits per heavy atom. The van der Waals surface area contributed by atoms with Gasteiger partial charge in [-0.1, -0.05) is 18.9 Å². The van der Waals surface area contributed by atoms with Crippen molar-refractivity contribution in [1.82, 2.24) is 10.3 Å². The summed E-state index contributed by atoms with van der Waals surface area (Å²) >= 11 is 1.13. The van der Waals surface area contributed by atoms with Crippen LogP contribution in [-0.2, 0) is 16.8 Å². The monoisotopic (exact) mass is 366 g/mol. The van der Waals surface area contributed by atoms with Crippen LogP contribution in [0.15, 0.2) is 23.6 Å². The van der Waals surface area contributed by atoms with E-state index in [9.17, 15) is 18.4 Å². The molecule has 1 fully saturated rings. The second-order valence-electron chi connectivity index (χ2n) is 6.03. The Labute approximate surface area is 146 Å². The van der Waals surface area contributed by atoms with Crippen LogP contribution in [0.5, 0.6) is 0 Å². The molecule has 132 valence electrons. The van der Waals surface area contributed by atoms with Gasteiger partial charge in [0, 0.05) is 17.0 Å². The number of halogens is 2. The third-order valence-electron chi connectivity index (χ3n) is 4.51. The van der Waals surface area contributed by atoms with Crippen molar-refractivity contribution in [2.75, 3.05) is 0 Å². The zero-order valence-electron chi connectivity index (χ0n) is 13.2. The number of amides is 1. The van der Waals surface area contributed by atoms with E-state index in [0.29, 0.717) is 17.8 Å². The molecule has 0 radical (unpaired) electrons. The van der Waals surface area contributed by atoms with Gasteiger partial charge in [-0.3, -0.25) is 4.79 Å². The fraction of sp³-hybridized carbons (Fsp3) is 0.353. The fourth-order valence-corrected chi connectivity index (χ4v) is 4.00. The Balaban J connectivity index is 1.80. The number of hydrogen-bond donors (Lipinski definition) is 2.